The molecule has 3 aromatic carbocycles. The van der Waals surface area contributed by atoms with Gasteiger partial charge in [0.2, 0.25) is 0 Å². The van der Waals surface area contributed by atoms with Crippen molar-refractivity contribution in [3.05, 3.63) is 119 Å². The molecule has 7 atom stereocenters. The Morgan fingerprint density at radius 1 is 0.625 bits per heavy atom. The summed E-state index contributed by atoms with van der Waals surface area (Å²) in [6.45, 7) is 11.0. The summed E-state index contributed by atoms with van der Waals surface area (Å²) in [7, 11) is 6.12. The molecule has 0 aromatic heterocycles. The van der Waals surface area contributed by atoms with Crippen molar-refractivity contribution in [2.24, 2.45) is 0 Å². The molecule has 0 saturated carbocycles. The Labute approximate surface area is 421 Å². The van der Waals surface area contributed by atoms with Crippen molar-refractivity contribution >= 4 is 35.7 Å². The van der Waals surface area contributed by atoms with E-state index in [2.05, 4.69) is 10.6 Å². The van der Waals surface area contributed by atoms with Gasteiger partial charge in [0.1, 0.15) is 41.3 Å². The molecular formula is C55H68N2O15. The number of hydrogen-bond acceptors (Lipinski definition) is 15. The number of esters is 1. The second-order valence-corrected chi connectivity index (χ2v) is 18.5. The molecule has 3 aromatic rings. The van der Waals surface area contributed by atoms with Gasteiger partial charge in [0.25, 0.3) is 11.8 Å². The maximum atomic E-state index is 13.5. The first-order valence-corrected chi connectivity index (χ1v) is 23.9. The van der Waals surface area contributed by atoms with E-state index >= 15 is 0 Å². The first-order valence-electron chi connectivity index (χ1n) is 23.9. The van der Waals surface area contributed by atoms with Crippen LogP contribution < -0.4 is 29.6 Å². The normalized spacial score (nSPS) is 26.6. The highest BCUT2D eigenvalue weighted by Crippen LogP contribution is 2.37. The van der Waals surface area contributed by atoms with Crippen molar-refractivity contribution < 1.29 is 71.3 Å². The van der Waals surface area contributed by atoms with E-state index in [0.29, 0.717) is 76.5 Å². The highest BCUT2D eigenvalue weighted by Gasteiger charge is 2.46. The van der Waals surface area contributed by atoms with Crippen molar-refractivity contribution in [2.45, 2.75) is 121 Å². The zero-order valence-electron chi connectivity index (χ0n) is 42.7. The highest BCUT2D eigenvalue weighted by molar-refractivity contribution is 6.02. The molecule has 388 valence electrons. The smallest absolute Gasteiger partial charge is 0.338 e. The standard InChI is InChI=1S/C31H37NO8.C24H31NO7/c1-20-11-9-15-24(38-30(34)21-12-7-6-8-13-21)28-25(39-31(2,3)40-28)16-10-14-22-17-23(36-5)18-26(37-19-35-4)27(22)29(33)32-20;1-15-8-6-10-18(26)22-19(31-24(2,3)32-22)11-7-9-16-12-17(29-5)13-20(30-14-28-4)21(16)23(27)25-15/h6-10,12-15,17-18,20,24-25,28H,11,16,19H2,1-5H3,(H,32,33);6-7,9-10,12-13,15,19,22H,8,11,14H2,1-5H3,(H,25,27)/b14-10+,15-9-;9-7+,10-6-/t20-,24?,25-,28+;15-,19-,22+/m00/s1. The number of carbonyl (C=O) groups excluding carboxylic acids is 4. The summed E-state index contributed by atoms with van der Waals surface area (Å²) in [4.78, 5) is 52.3. The lowest BCUT2D eigenvalue weighted by molar-refractivity contribution is -0.152. The molecule has 2 saturated heterocycles. The van der Waals surface area contributed by atoms with Crippen molar-refractivity contribution in [2.75, 3.05) is 42.0 Å². The topological polar surface area (TPSA) is 194 Å². The Bertz CT molecular complexity index is 2480. The van der Waals surface area contributed by atoms with Crippen LogP contribution in [0.2, 0.25) is 0 Å². The molecule has 2 N–H and O–H groups in total. The van der Waals surface area contributed by atoms with Crippen molar-refractivity contribution in [3.63, 3.8) is 0 Å². The average molecular weight is 997 g/mol. The molecule has 4 aliphatic heterocycles. The van der Waals surface area contributed by atoms with E-state index in [0.717, 1.165) is 0 Å². The van der Waals surface area contributed by atoms with Crippen LogP contribution in [0.4, 0.5) is 0 Å². The number of ketones is 1. The Kier molecular flexibility index (Phi) is 19.4. The van der Waals surface area contributed by atoms with E-state index in [1.807, 2.05) is 64.1 Å². The Morgan fingerprint density at radius 2 is 1.12 bits per heavy atom. The van der Waals surface area contributed by atoms with Crippen LogP contribution in [0.15, 0.2) is 91.1 Å². The summed E-state index contributed by atoms with van der Waals surface area (Å²) in [5.41, 5.74) is 2.43. The predicted molar refractivity (Wildman–Crippen MR) is 268 cm³/mol. The van der Waals surface area contributed by atoms with Crippen LogP contribution >= 0.6 is 0 Å². The number of nitrogens with one attached hydrogen (secondary N) is 2. The van der Waals surface area contributed by atoms with Crippen LogP contribution in [0.1, 0.15) is 109 Å². The first kappa shape index (κ1) is 55.0. The summed E-state index contributed by atoms with van der Waals surface area (Å²) in [5.74, 6) is -1.14. The van der Waals surface area contributed by atoms with Crippen LogP contribution in [0.3, 0.4) is 0 Å². The van der Waals surface area contributed by atoms with Gasteiger partial charge in [0, 0.05) is 38.4 Å². The maximum absolute atomic E-state index is 13.5. The van der Waals surface area contributed by atoms with Crippen molar-refractivity contribution in [3.8, 4) is 23.0 Å². The highest BCUT2D eigenvalue weighted by atomic mass is 16.8. The summed E-state index contributed by atoms with van der Waals surface area (Å²) >= 11 is 0. The van der Waals surface area contributed by atoms with Gasteiger partial charge in [-0.1, -0.05) is 54.7 Å². The number of hydrogen-bond donors (Lipinski definition) is 2. The number of ether oxygens (including phenoxy) is 11. The molecule has 0 radical (unpaired) electrons. The number of carbonyl (C=O) groups is 4. The molecule has 2 amide bonds. The molecule has 72 heavy (non-hydrogen) atoms. The van der Waals surface area contributed by atoms with Gasteiger partial charge in [-0.15, -0.1) is 0 Å². The minimum absolute atomic E-state index is 0.0129. The molecule has 0 spiro atoms. The molecule has 7 rings (SSSR count). The molecule has 0 aliphatic carbocycles. The molecule has 17 nitrogen and oxygen atoms in total. The first-order chi connectivity index (χ1) is 34.4. The number of benzene rings is 3. The monoisotopic (exact) mass is 996 g/mol. The number of methoxy groups -OCH3 is 4. The molecule has 4 heterocycles. The van der Waals surface area contributed by atoms with E-state index in [9.17, 15) is 19.2 Å². The fraction of sp³-hybridized carbons (Fsp3) is 0.455. The largest absolute Gasteiger partial charge is 0.497 e. The maximum Gasteiger partial charge on any atom is 0.338 e. The molecule has 1 unspecified atom stereocenters. The zero-order valence-corrected chi connectivity index (χ0v) is 42.7. The number of fused-ring (bicyclic) bond motifs is 4. The molecule has 4 aliphatic rings. The molecule has 2 fully saturated rings. The number of rotatable bonds is 10. The average Bonchev–Trinajstić information content (AvgIpc) is 3.84. The fourth-order valence-electron chi connectivity index (χ4n) is 8.50. The van der Waals surface area contributed by atoms with Crippen molar-refractivity contribution in [1.29, 1.82) is 0 Å². The molecule has 17 heteroatoms. The third kappa shape index (κ3) is 14.9. The summed E-state index contributed by atoms with van der Waals surface area (Å²) in [6, 6.07) is 15.2. The molecular weight excluding hydrogens is 929 g/mol. The third-order valence-electron chi connectivity index (χ3n) is 11.7. The van der Waals surface area contributed by atoms with E-state index in [1.54, 1.807) is 88.8 Å². The van der Waals surface area contributed by atoms with Crippen LogP contribution in [0, 0.1) is 0 Å². The van der Waals surface area contributed by atoms with E-state index in [1.165, 1.54) is 20.3 Å². The lowest BCUT2D eigenvalue weighted by Crippen LogP contribution is -2.38. The van der Waals surface area contributed by atoms with E-state index in [-0.39, 0.29) is 43.3 Å². The van der Waals surface area contributed by atoms with Gasteiger partial charge in [-0.3, -0.25) is 14.4 Å². The molecule has 0 bridgehead atoms. The number of amides is 2. The predicted octanol–water partition coefficient (Wildman–Crippen LogP) is 8.15. The minimum atomic E-state index is -0.879. The lowest BCUT2D eigenvalue weighted by Gasteiger charge is -2.25. The summed E-state index contributed by atoms with van der Waals surface area (Å²) in [5, 5.41) is 6.00. The van der Waals surface area contributed by atoms with Crippen LogP contribution in [0.5, 0.6) is 23.0 Å². The summed E-state index contributed by atoms with van der Waals surface area (Å²) < 4.78 is 62.7. The van der Waals surface area contributed by atoms with Crippen molar-refractivity contribution in [1.82, 2.24) is 10.6 Å². The van der Waals surface area contributed by atoms with Gasteiger partial charge in [0.15, 0.2) is 30.9 Å². The van der Waals surface area contributed by atoms with Crippen LogP contribution in [-0.4, -0.2) is 120 Å². The van der Waals surface area contributed by atoms with Gasteiger partial charge in [-0.2, -0.15) is 0 Å². The third-order valence-corrected chi connectivity index (χ3v) is 11.7. The quantitative estimate of drug-likeness (QED) is 0.112. The fourth-order valence-corrected chi connectivity index (χ4v) is 8.50. The van der Waals surface area contributed by atoms with Gasteiger partial charge in [0.05, 0.1) is 43.1 Å². The zero-order chi connectivity index (χ0) is 52.0. The second-order valence-electron chi connectivity index (χ2n) is 18.5. The minimum Gasteiger partial charge on any atom is -0.497 e. The Hall–Kier alpha value is -6.34. The van der Waals surface area contributed by atoms with Crippen LogP contribution in [-0.2, 0) is 38.0 Å². The van der Waals surface area contributed by atoms with Gasteiger partial charge >= 0.3 is 5.97 Å². The van der Waals surface area contributed by atoms with E-state index in [4.69, 9.17) is 52.1 Å². The Morgan fingerprint density at radius 3 is 1.67 bits per heavy atom. The van der Waals surface area contributed by atoms with Crippen LogP contribution in [0.25, 0.3) is 12.2 Å². The summed E-state index contributed by atoms with van der Waals surface area (Å²) in [6.07, 6.45) is 13.4. The lowest BCUT2D eigenvalue weighted by atomic mass is 10.00. The Balaban J connectivity index is 0.000000241. The second kappa shape index (κ2) is 25.4. The van der Waals surface area contributed by atoms with Gasteiger partial charge in [-0.05, 0) is 115 Å². The van der Waals surface area contributed by atoms with Gasteiger partial charge < -0.3 is 62.7 Å². The van der Waals surface area contributed by atoms with Gasteiger partial charge in [-0.25, -0.2) is 4.79 Å². The van der Waals surface area contributed by atoms with E-state index < -0.39 is 48.1 Å². The SMILES string of the molecule is COCOc1cc(OC)cc2c1C(=O)N[C@@H](C)C/C=C\C(=O)[C@H]1OC(C)(C)O[C@H]1C/C=C/2.COCOc1cc(OC)cc2c1C(=O)N[C@@H](C)C/C=C\C(OC(=O)c1ccccc1)[C@H]1OC(C)(C)O[C@H]1C/C=C/2.